The predicted octanol–water partition coefficient (Wildman–Crippen LogP) is 1.81. The van der Waals surface area contributed by atoms with E-state index in [2.05, 4.69) is 26.1 Å². The minimum Gasteiger partial charge on any atom is -0.368 e. The minimum absolute atomic E-state index is 0.0445. The quantitative estimate of drug-likeness (QED) is 0.749. The smallest absolute Gasteiger partial charge is 0.234 e. The Morgan fingerprint density at radius 1 is 1.27 bits per heavy atom. The molecule has 1 rings (SSSR count). The fourth-order valence-electron chi connectivity index (χ4n) is 2.36. The summed E-state index contributed by atoms with van der Waals surface area (Å²) in [5, 5.41) is 3.35. The molecule has 0 spiro atoms. The summed E-state index contributed by atoms with van der Waals surface area (Å²) in [4.78, 5) is 11.4. The molecule has 1 saturated carbocycles. The van der Waals surface area contributed by atoms with E-state index in [1.807, 2.05) is 0 Å². The van der Waals surface area contributed by atoms with E-state index in [1.165, 1.54) is 19.3 Å². The van der Waals surface area contributed by atoms with Gasteiger partial charge in [-0.3, -0.25) is 4.79 Å². The van der Waals surface area contributed by atoms with Crippen molar-refractivity contribution in [1.29, 1.82) is 0 Å². The van der Waals surface area contributed by atoms with Crippen molar-refractivity contribution >= 4 is 5.91 Å². The topological polar surface area (TPSA) is 55.1 Å². The summed E-state index contributed by atoms with van der Waals surface area (Å²) in [6, 6.07) is -0.148. The van der Waals surface area contributed by atoms with Crippen molar-refractivity contribution in [1.82, 2.24) is 5.32 Å². The Morgan fingerprint density at radius 2 is 1.80 bits per heavy atom. The van der Waals surface area contributed by atoms with Crippen LogP contribution in [0.25, 0.3) is 0 Å². The fourth-order valence-corrected chi connectivity index (χ4v) is 2.36. The maximum Gasteiger partial charge on any atom is 0.234 e. The Hall–Kier alpha value is -0.570. The molecule has 1 aliphatic carbocycles. The lowest BCUT2D eigenvalue weighted by Gasteiger charge is -2.34. The third-order valence-electron chi connectivity index (χ3n) is 3.02. The van der Waals surface area contributed by atoms with Gasteiger partial charge < -0.3 is 11.1 Å². The molecule has 1 amide bonds. The van der Waals surface area contributed by atoms with Crippen molar-refractivity contribution < 1.29 is 4.79 Å². The first-order valence-corrected chi connectivity index (χ1v) is 5.97. The van der Waals surface area contributed by atoms with Gasteiger partial charge in [-0.05, 0) is 39.5 Å². The molecule has 3 heteroatoms. The van der Waals surface area contributed by atoms with Gasteiger partial charge in [0.25, 0.3) is 0 Å². The van der Waals surface area contributed by atoms with Crippen molar-refractivity contribution in [2.24, 2.45) is 11.7 Å². The van der Waals surface area contributed by atoms with Crippen molar-refractivity contribution in [3.05, 3.63) is 0 Å². The van der Waals surface area contributed by atoms with Gasteiger partial charge in [-0.1, -0.05) is 19.3 Å². The lowest BCUT2D eigenvalue weighted by atomic mass is 9.82. The molecule has 3 N–H and O–H groups in total. The molecule has 3 nitrogen and oxygen atoms in total. The van der Waals surface area contributed by atoms with Gasteiger partial charge in [0.15, 0.2) is 0 Å². The molecule has 1 aliphatic rings. The molecular weight excluding hydrogens is 188 g/mol. The first-order chi connectivity index (χ1) is 6.90. The average molecular weight is 212 g/mol. The third-order valence-corrected chi connectivity index (χ3v) is 3.02. The molecule has 15 heavy (non-hydrogen) atoms. The van der Waals surface area contributed by atoms with E-state index < -0.39 is 0 Å². The molecule has 88 valence electrons. The van der Waals surface area contributed by atoms with Gasteiger partial charge in [-0.2, -0.15) is 0 Å². The Labute approximate surface area is 92.8 Å². The van der Waals surface area contributed by atoms with Gasteiger partial charge >= 0.3 is 0 Å². The number of amides is 1. The zero-order valence-electron chi connectivity index (χ0n) is 10.2. The third kappa shape index (κ3) is 4.20. The fraction of sp³-hybridized carbons (Fsp3) is 0.917. The van der Waals surface area contributed by atoms with Crippen LogP contribution in [0.2, 0.25) is 0 Å². The predicted molar refractivity (Wildman–Crippen MR) is 62.4 cm³/mol. The van der Waals surface area contributed by atoms with Crippen molar-refractivity contribution in [3.63, 3.8) is 0 Å². The van der Waals surface area contributed by atoms with Crippen LogP contribution in [0.4, 0.5) is 0 Å². The second kappa shape index (κ2) is 4.97. The molecule has 0 aromatic carbocycles. The van der Waals surface area contributed by atoms with Crippen molar-refractivity contribution in [2.75, 3.05) is 0 Å². The van der Waals surface area contributed by atoms with E-state index in [0.717, 1.165) is 12.8 Å². The van der Waals surface area contributed by atoms with Crippen LogP contribution in [0.3, 0.4) is 0 Å². The molecule has 0 aromatic heterocycles. The zero-order chi connectivity index (χ0) is 11.5. The summed E-state index contributed by atoms with van der Waals surface area (Å²) < 4.78 is 0. The first kappa shape index (κ1) is 12.5. The lowest BCUT2D eigenvalue weighted by Crippen LogP contribution is -2.54. The maximum atomic E-state index is 11.4. The van der Waals surface area contributed by atoms with E-state index in [1.54, 1.807) is 0 Å². The van der Waals surface area contributed by atoms with E-state index in [-0.39, 0.29) is 17.5 Å². The summed E-state index contributed by atoms with van der Waals surface area (Å²) in [5.41, 5.74) is 5.43. The Kier molecular flexibility index (Phi) is 4.14. The van der Waals surface area contributed by atoms with Gasteiger partial charge in [0.2, 0.25) is 5.91 Å². The summed E-state index contributed by atoms with van der Waals surface area (Å²) in [5.74, 6) is 0.243. The van der Waals surface area contributed by atoms with Crippen LogP contribution >= 0.6 is 0 Å². The van der Waals surface area contributed by atoms with Crippen LogP contribution in [0, 0.1) is 5.92 Å². The Balaban J connectivity index is 2.60. The van der Waals surface area contributed by atoms with E-state index in [9.17, 15) is 4.79 Å². The maximum absolute atomic E-state index is 11.4. The van der Waals surface area contributed by atoms with Crippen LogP contribution in [0.1, 0.15) is 52.9 Å². The number of carbonyl (C=O) groups is 1. The van der Waals surface area contributed by atoms with Crippen molar-refractivity contribution in [3.8, 4) is 0 Å². The highest BCUT2D eigenvalue weighted by atomic mass is 16.1. The highest BCUT2D eigenvalue weighted by molar-refractivity contribution is 5.80. The SMILES string of the molecule is CC(C)(C)N[C@H](C(N)=O)C1CCCCC1. The molecule has 0 aromatic rings. The first-order valence-electron chi connectivity index (χ1n) is 5.97. The number of hydrogen-bond donors (Lipinski definition) is 2. The molecule has 1 atom stereocenters. The van der Waals surface area contributed by atoms with Crippen LogP contribution < -0.4 is 11.1 Å². The van der Waals surface area contributed by atoms with Crippen LogP contribution in [0.5, 0.6) is 0 Å². The summed E-state index contributed by atoms with van der Waals surface area (Å²) in [7, 11) is 0. The van der Waals surface area contributed by atoms with Crippen LogP contribution in [-0.2, 0) is 4.79 Å². The summed E-state index contributed by atoms with van der Waals surface area (Å²) in [6.07, 6.45) is 6.05. The van der Waals surface area contributed by atoms with E-state index in [0.29, 0.717) is 5.92 Å². The lowest BCUT2D eigenvalue weighted by molar-refractivity contribution is -0.122. The molecule has 1 fully saturated rings. The van der Waals surface area contributed by atoms with Crippen LogP contribution in [-0.4, -0.2) is 17.5 Å². The Bertz CT molecular complexity index is 214. The van der Waals surface area contributed by atoms with Crippen LogP contribution in [0.15, 0.2) is 0 Å². The van der Waals surface area contributed by atoms with Crippen molar-refractivity contribution in [2.45, 2.75) is 64.5 Å². The summed E-state index contributed by atoms with van der Waals surface area (Å²) >= 11 is 0. The number of primary amides is 1. The molecule has 0 unspecified atom stereocenters. The summed E-state index contributed by atoms with van der Waals surface area (Å²) in [6.45, 7) is 6.23. The van der Waals surface area contributed by atoms with Gasteiger partial charge in [0, 0.05) is 5.54 Å². The van der Waals surface area contributed by atoms with E-state index in [4.69, 9.17) is 5.73 Å². The zero-order valence-corrected chi connectivity index (χ0v) is 10.2. The number of hydrogen-bond acceptors (Lipinski definition) is 2. The number of rotatable bonds is 3. The molecule has 0 heterocycles. The minimum atomic E-state index is -0.197. The van der Waals surface area contributed by atoms with Gasteiger partial charge in [-0.25, -0.2) is 0 Å². The molecule has 0 radical (unpaired) electrons. The van der Waals surface area contributed by atoms with Gasteiger partial charge in [-0.15, -0.1) is 0 Å². The normalized spacial score (nSPS) is 21.3. The highest BCUT2D eigenvalue weighted by Crippen LogP contribution is 2.27. The number of nitrogens with two attached hydrogens (primary N) is 1. The molecule has 0 bridgehead atoms. The molecule has 0 aliphatic heterocycles. The van der Waals surface area contributed by atoms with Gasteiger partial charge in [0.05, 0.1) is 6.04 Å². The average Bonchev–Trinajstić information content (AvgIpc) is 2.14. The standard InChI is InChI=1S/C12H24N2O/c1-12(2,3)14-10(11(13)15)9-7-5-4-6-8-9/h9-10,14H,4-8H2,1-3H3,(H2,13,15)/t10-/m0/s1. The van der Waals surface area contributed by atoms with E-state index >= 15 is 0 Å². The number of nitrogens with one attached hydrogen (secondary N) is 1. The Morgan fingerprint density at radius 3 is 2.20 bits per heavy atom. The second-order valence-electron chi connectivity index (χ2n) is 5.67. The molecule has 0 saturated heterocycles. The second-order valence-corrected chi connectivity index (χ2v) is 5.67. The highest BCUT2D eigenvalue weighted by Gasteiger charge is 2.30. The molecular formula is C12H24N2O. The largest absolute Gasteiger partial charge is 0.368 e. The number of carbonyl (C=O) groups excluding carboxylic acids is 1. The van der Waals surface area contributed by atoms with Gasteiger partial charge in [0.1, 0.15) is 0 Å². The monoisotopic (exact) mass is 212 g/mol.